The Bertz CT molecular complexity index is 619. The van der Waals surface area contributed by atoms with Crippen molar-refractivity contribution in [3.05, 3.63) is 28.2 Å². The van der Waals surface area contributed by atoms with Crippen molar-refractivity contribution in [2.24, 2.45) is 10.9 Å². The molecular formula is C13H14ClF2N3O. The van der Waals surface area contributed by atoms with Gasteiger partial charge in [-0.3, -0.25) is 4.79 Å². The molecule has 0 saturated heterocycles. The highest BCUT2D eigenvalue weighted by molar-refractivity contribution is 6.30. The summed E-state index contributed by atoms with van der Waals surface area (Å²) >= 11 is 5.87. The second-order valence-corrected chi connectivity index (χ2v) is 5.09. The molecule has 0 fully saturated rings. The maximum absolute atomic E-state index is 12.9. The van der Waals surface area contributed by atoms with Gasteiger partial charge in [0.15, 0.2) is 0 Å². The number of carbonyl (C=O) groups is 1. The summed E-state index contributed by atoms with van der Waals surface area (Å²) in [6.07, 6.45) is -0.632. The maximum Gasteiger partial charge on any atom is 0.282 e. The van der Waals surface area contributed by atoms with Crippen molar-refractivity contribution in [2.75, 3.05) is 0 Å². The van der Waals surface area contributed by atoms with Crippen molar-refractivity contribution in [1.29, 1.82) is 0 Å². The molecule has 7 heteroatoms. The average Bonchev–Trinajstić information content (AvgIpc) is 2.66. The highest BCUT2D eigenvalue weighted by atomic mass is 35.5. The fourth-order valence-corrected chi connectivity index (χ4v) is 2.30. The third-order valence-corrected chi connectivity index (χ3v) is 3.66. The zero-order valence-electron chi connectivity index (χ0n) is 11.3. The number of hydrogen-bond acceptors (Lipinski definition) is 3. The Morgan fingerprint density at radius 1 is 1.50 bits per heavy atom. The normalized spacial score (nSPS) is 19.1. The van der Waals surface area contributed by atoms with Crippen LogP contribution >= 0.6 is 11.6 Å². The minimum atomic E-state index is -2.67. The molecule has 2 heterocycles. The largest absolute Gasteiger partial charge is 0.299 e. The quantitative estimate of drug-likeness (QED) is 0.786. The lowest BCUT2D eigenvalue weighted by Crippen LogP contribution is -2.31. The number of halogens is 3. The van der Waals surface area contributed by atoms with Crippen LogP contribution in [0.25, 0.3) is 0 Å². The van der Waals surface area contributed by atoms with Crippen LogP contribution in [0.15, 0.2) is 16.2 Å². The topological polar surface area (TPSA) is 47.2 Å². The third kappa shape index (κ3) is 2.52. The molecule has 0 spiro atoms. The van der Waals surface area contributed by atoms with E-state index in [1.54, 1.807) is 19.9 Å². The fraction of sp³-hybridized carbons (Fsp3) is 0.462. The van der Waals surface area contributed by atoms with Crippen LogP contribution in [0.1, 0.15) is 36.7 Å². The Hall–Kier alpha value is -1.56. The van der Waals surface area contributed by atoms with Crippen molar-refractivity contribution < 1.29 is 13.6 Å². The first-order chi connectivity index (χ1) is 9.32. The molecule has 0 aromatic carbocycles. The molecule has 0 N–H and O–H groups in total. The van der Waals surface area contributed by atoms with Crippen molar-refractivity contribution in [3.8, 4) is 0 Å². The van der Waals surface area contributed by atoms with E-state index in [-0.39, 0.29) is 16.6 Å². The Morgan fingerprint density at radius 2 is 2.15 bits per heavy atom. The second kappa shape index (κ2) is 5.44. The Labute approximate surface area is 120 Å². The van der Waals surface area contributed by atoms with Crippen molar-refractivity contribution in [3.63, 3.8) is 0 Å². The highest BCUT2D eigenvalue weighted by Crippen LogP contribution is 2.27. The molecule has 0 aliphatic carbocycles. The number of aromatic nitrogens is 2. The van der Waals surface area contributed by atoms with E-state index in [0.29, 0.717) is 23.5 Å². The van der Waals surface area contributed by atoms with E-state index in [0.717, 1.165) is 0 Å². The third-order valence-electron chi connectivity index (χ3n) is 3.42. The molecule has 0 amide bonds. The number of rotatable bonds is 2. The number of nitrogens with zero attached hydrogens (tertiary/aromatic N) is 3. The highest BCUT2D eigenvalue weighted by Gasteiger charge is 2.29. The number of aliphatic imine (C=N–C) groups is 1. The number of allylic oxidation sites excluding steroid dienone is 1. The van der Waals surface area contributed by atoms with E-state index >= 15 is 0 Å². The molecule has 1 aliphatic heterocycles. The number of Topliss-reactive ketones (excluding diaryl/α,β-unsaturated/α-hetero) is 1. The summed E-state index contributed by atoms with van der Waals surface area (Å²) in [5.41, 5.74) is 0.644. The molecule has 1 aromatic rings. The average molecular weight is 302 g/mol. The molecule has 1 aliphatic rings. The monoisotopic (exact) mass is 301 g/mol. The Kier molecular flexibility index (Phi) is 4.04. The summed E-state index contributed by atoms with van der Waals surface area (Å²) < 4.78 is 27.1. The van der Waals surface area contributed by atoms with Gasteiger partial charge in [0.2, 0.25) is 0 Å². The van der Waals surface area contributed by atoms with Crippen LogP contribution in [0, 0.1) is 19.8 Å². The van der Waals surface area contributed by atoms with Gasteiger partial charge in [0.25, 0.3) is 6.43 Å². The SMILES string of the molecule is CC(=O)C1CC=C(Cl)N=C1n1nc(C(F)F)c(C)c1C. The summed E-state index contributed by atoms with van der Waals surface area (Å²) in [7, 11) is 0. The summed E-state index contributed by atoms with van der Waals surface area (Å²) in [5.74, 6) is -0.311. The molecule has 1 unspecified atom stereocenters. The van der Waals surface area contributed by atoms with Gasteiger partial charge in [-0.1, -0.05) is 11.6 Å². The van der Waals surface area contributed by atoms with Gasteiger partial charge in [0, 0.05) is 5.69 Å². The minimum Gasteiger partial charge on any atom is -0.299 e. The Balaban J connectivity index is 2.56. The fourth-order valence-electron chi connectivity index (χ4n) is 2.13. The Morgan fingerprint density at radius 3 is 2.65 bits per heavy atom. The van der Waals surface area contributed by atoms with E-state index in [9.17, 15) is 13.6 Å². The van der Waals surface area contributed by atoms with Gasteiger partial charge < -0.3 is 0 Å². The lowest BCUT2D eigenvalue weighted by molar-refractivity contribution is -0.118. The van der Waals surface area contributed by atoms with Gasteiger partial charge in [-0.25, -0.2) is 18.5 Å². The zero-order chi connectivity index (χ0) is 15.0. The van der Waals surface area contributed by atoms with Gasteiger partial charge in [-0.15, -0.1) is 0 Å². The number of alkyl halides is 2. The molecule has 0 radical (unpaired) electrons. The lowest BCUT2D eigenvalue weighted by Gasteiger charge is -2.19. The molecule has 0 bridgehead atoms. The van der Waals surface area contributed by atoms with Gasteiger partial charge in [0.1, 0.15) is 22.5 Å². The molecular weight excluding hydrogens is 288 g/mol. The van der Waals surface area contributed by atoms with Crippen LogP contribution in [-0.2, 0) is 4.79 Å². The molecule has 1 atom stereocenters. The van der Waals surface area contributed by atoms with Crippen molar-refractivity contribution in [2.45, 2.75) is 33.6 Å². The van der Waals surface area contributed by atoms with Gasteiger partial charge in [-0.05, 0) is 38.8 Å². The smallest absolute Gasteiger partial charge is 0.282 e. The first-order valence-corrected chi connectivity index (χ1v) is 6.50. The summed E-state index contributed by atoms with van der Waals surface area (Å²) in [6, 6.07) is 0. The van der Waals surface area contributed by atoms with E-state index in [1.165, 1.54) is 11.6 Å². The van der Waals surface area contributed by atoms with Gasteiger partial charge >= 0.3 is 0 Å². The predicted octanol–water partition coefficient (Wildman–Crippen LogP) is 3.37. The zero-order valence-corrected chi connectivity index (χ0v) is 12.1. The molecule has 0 saturated carbocycles. The molecule has 1 aromatic heterocycles. The van der Waals surface area contributed by atoms with Crippen molar-refractivity contribution in [1.82, 2.24) is 9.78 Å². The summed E-state index contributed by atoms with van der Waals surface area (Å²) in [4.78, 5) is 15.8. The van der Waals surface area contributed by atoms with Crippen LogP contribution in [0.5, 0.6) is 0 Å². The molecule has 20 heavy (non-hydrogen) atoms. The van der Waals surface area contributed by atoms with Gasteiger partial charge in [0.05, 0.1) is 5.92 Å². The number of hydrogen-bond donors (Lipinski definition) is 0. The van der Waals surface area contributed by atoms with E-state index in [1.807, 2.05) is 0 Å². The number of ketones is 1. The van der Waals surface area contributed by atoms with Crippen LogP contribution < -0.4 is 0 Å². The van der Waals surface area contributed by atoms with E-state index < -0.39 is 12.3 Å². The second-order valence-electron chi connectivity index (χ2n) is 4.70. The first-order valence-electron chi connectivity index (χ1n) is 6.12. The first kappa shape index (κ1) is 14.8. The summed E-state index contributed by atoms with van der Waals surface area (Å²) in [5, 5.41) is 4.14. The van der Waals surface area contributed by atoms with E-state index in [2.05, 4.69) is 10.1 Å². The predicted molar refractivity (Wildman–Crippen MR) is 72.2 cm³/mol. The maximum atomic E-state index is 12.9. The van der Waals surface area contributed by atoms with E-state index in [4.69, 9.17) is 11.6 Å². The lowest BCUT2D eigenvalue weighted by atomic mass is 9.98. The van der Waals surface area contributed by atoms with Crippen molar-refractivity contribution >= 4 is 23.2 Å². The number of carbonyl (C=O) groups excluding carboxylic acids is 1. The standard InChI is InChI=1S/C13H14ClF2N3O/c1-6-7(2)19(18-11(6)12(15)16)13-9(8(3)20)4-5-10(14)17-13/h5,9,12H,4H2,1-3H3. The molecule has 4 nitrogen and oxygen atoms in total. The van der Waals surface area contributed by atoms with Crippen LogP contribution in [0.2, 0.25) is 0 Å². The van der Waals surface area contributed by atoms with Crippen LogP contribution in [0.4, 0.5) is 8.78 Å². The van der Waals surface area contributed by atoms with Crippen LogP contribution in [-0.4, -0.2) is 21.4 Å². The molecule has 108 valence electrons. The van der Waals surface area contributed by atoms with Crippen LogP contribution in [0.3, 0.4) is 0 Å². The molecule has 2 rings (SSSR count). The van der Waals surface area contributed by atoms with Gasteiger partial charge in [-0.2, -0.15) is 5.10 Å². The summed E-state index contributed by atoms with van der Waals surface area (Å²) in [6.45, 7) is 4.68. The minimum absolute atomic E-state index is 0.102.